The van der Waals surface area contributed by atoms with Crippen molar-refractivity contribution in [1.82, 2.24) is 10.3 Å². The van der Waals surface area contributed by atoms with Gasteiger partial charge in [0.15, 0.2) is 0 Å². The molecule has 0 aliphatic carbocycles. The van der Waals surface area contributed by atoms with E-state index in [0.717, 1.165) is 18.8 Å². The Morgan fingerprint density at radius 1 is 1.29 bits per heavy atom. The molecule has 0 bridgehead atoms. The largest absolute Gasteiger partial charge is 0.317 e. The van der Waals surface area contributed by atoms with Crippen LogP contribution in [-0.4, -0.2) is 18.1 Å². The van der Waals surface area contributed by atoms with Crippen molar-refractivity contribution in [3.05, 3.63) is 29.6 Å². The van der Waals surface area contributed by atoms with Crippen LogP contribution in [0.2, 0.25) is 0 Å². The third-order valence-electron chi connectivity index (χ3n) is 3.21. The summed E-state index contributed by atoms with van der Waals surface area (Å²) in [7, 11) is 0. The second kappa shape index (κ2) is 3.70. The van der Waals surface area contributed by atoms with Crippen LogP contribution in [0.15, 0.2) is 18.2 Å². The van der Waals surface area contributed by atoms with Crippen LogP contribution in [0.25, 0.3) is 0 Å². The molecule has 1 aromatic rings. The minimum atomic E-state index is 0.289. The van der Waals surface area contributed by atoms with E-state index in [1.165, 1.54) is 18.5 Å². The molecule has 1 aliphatic heterocycles. The van der Waals surface area contributed by atoms with Crippen LogP contribution in [-0.2, 0) is 5.41 Å². The molecule has 1 aromatic heterocycles. The summed E-state index contributed by atoms with van der Waals surface area (Å²) in [5.41, 5.74) is 2.68. The molecule has 1 aliphatic rings. The van der Waals surface area contributed by atoms with Crippen molar-refractivity contribution in [2.45, 2.75) is 32.1 Å². The summed E-state index contributed by atoms with van der Waals surface area (Å²) in [6.45, 7) is 6.63. The highest BCUT2D eigenvalue weighted by Gasteiger charge is 2.29. The molecule has 2 nitrogen and oxygen atoms in total. The lowest BCUT2D eigenvalue weighted by Crippen LogP contribution is -2.38. The van der Waals surface area contributed by atoms with Gasteiger partial charge in [0.25, 0.3) is 0 Å². The summed E-state index contributed by atoms with van der Waals surface area (Å²) in [6, 6.07) is 6.34. The Labute approximate surface area is 85.7 Å². The molecule has 2 rings (SSSR count). The van der Waals surface area contributed by atoms with Crippen LogP contribution in [0, 0.1) is 6.92 Å². The maximum absolute atomic E-state index is 4.64. The maximum Gasteiger partial charge on any atom is 0.0466 e. The van der Waals surface area contributed by atoms with Gasteiger partial charge in [-0.2, -0.15) is 0 Å². The summed E-state index contributed by atoms with van der Waals surface area (Å²) in [5, 5.41) is 3.40. The first kappa shape index (κ1) is 9.66. The van der Waals surface area contributed by atoms with Gasteiger partial charge >= 0.3 is 0 Å². The maximum atomic E-state index is 4.64. The highest BCUT2D eigenvalue weighted by Crippen LogP contribution is 2.31. The van der Waals surface area contributed by atoms with Gasteiger partial charge in [-0.3, -0.25) is 4.98 Å². The van der Waals surface area contributed by atoms with Gasteiger partial charge in [-0.15, -0.1) is 0 Å². The molecular weight excluding hydrogens is 172 g/mol. The molecule has 76 valence electrons. The zero-order chi connectivity index (χ0) is 10.0. The van der Waals surface area contributed by atoms with Gasteiger partial charge < -0.3 is 5.32 Å². The fourth-order valence-corrected chi connectivity index (χ4v) is 2.11. The Morgan fingerprint density at radius 3 is 2.64 bits per heavy atom. The predicted molar refractivity (Wildman–Crippen MR) is 58.4 cm³/mol. The van der Waals surface area contributed by atoms with Crippen LogP contribution in [0.4, 0.5) is 0 Å². The van der Waals surface area contributed by atoms with Gasteiger partial charge in [-0.05, 0) is 45.0 Å². The molecule has 1 N–H and O–H groups in total. The first-order valence-electron chi connectivity index (χ1n) is 5.36. The second-order valence-corrected chi connectivity index (χ2v) is 4.47. The fourth-order valence-electron chi connectivity index (χ4n) is 2.11. The van der Waals surface area contributed by atoms with Gasteiger partial charge in [0.2, 0.25) is 0 Å². The highest BCUT2D eigenvalue weighted by atomic mass is 14.9. The van der Waals surface area contributed by atoms with Gasteiger partial charge in [0.05, 0.1) is 0 Å². The summed E-state index contributed by atoms with van der Waals surface area (Å²) in [6.07, 6.45) is 2.40. The molecule has 0 aromatic carbocycles. The van der Waals surface area contributed by atoms with Gasteiger partial charge in [0.1, 0.15) is 0 Å². The van der Waals surface area contributed by atoms with Crippen molar-refractivity contribution in [1.29, 1.82) is 0 Å². The van der Waals surface area contributed by atoms with E-state index in [0.29, 0.717) is 0 Å². The molecule has 2 heteroatoms. The molecule has 1 saturated heterocycles. The van der Waals surface area contributed by atoms with Crippen LogP contribution in [0.1, 0.15) is 31.2 Å². The van der Waals surface area contributed by atoms with Crippen LogP contribution in [0.3, 0.4) is 0 Å². The minimum absolute atomic E-state index is 0.289. The molecule has 14 heavy (non-hydrogen) atoms. The standard InChI is InChI=1S/C12H18N2/c1-10-4-3-5-11(14-10)12(2)6-8-13-9-7-12/h3-5,13H,6-9H2,1-2H3. The van der Waals surface area contributed by atoms with Crippen molar-refractivity contribution in [2.24, 2.45) is 0 Å². The zero-order valence-electron chi connectivity index (χ0n) is 9.01. The SMILES string of the molecule is Cc1cccc(C2(C)CCNCC2)n1. The minimum Gasteiger partial charge on any atom is -0.317 e. The number of piperidine rings is 1. The van der Waals surface area contributed by atoms with Crippen molar-refractivity contribution < 1.29 is 0 Å². The number of aromatic nitrogens is 1. The number of nitrogens with zero attached hydrogens (tertiary/aromatic N) is 1. The Kier molecular flexibility index (Phi) is 2.55. The summed E-state index contributed by atoms with van der Waals surface area (Å²) in [4.78, 5) is 4.64. The summed E-state index contributed by atoms with van der Waals surface area (Å²) >= 11 is 0. The van der Waals surface area contributed by atoms with Crippen molar-refractivity contribution >= 4 is 0 Å². The number of aryl methyl sites for hydroxylation is 1. The van der Waals surface area contributed by atoms with Crippen molar-refractivity contribution in [2.75, 3.05) is 13.1 Å². The Morgan fingerprint density at radius 2 is 2.00 bits per heavy atom. The van der Waals surface area contributed by atoms with E-state index < -0.39 is 0 Å². The quantitative estimate of drug-likeness (QED) is 0.733. The van der Waals surface area contributed by atoms with Crippen LogP contribution in [0.5, 0.6) is 0 Å². The lowest BCUT2D eigenvalue weighted by Gasteiger charge is -2.33. The first-order valence-corrected chi connectivity index (χ1v) is 5.36. The normalized spacial score (nSPS) is 20.7. The molecule has 0 atom stereocenters. The smallest absolute Gasteiger partial charge is 0.0466 e. The average Bonchev–Trinajstić information content (AvgIpc) is 2.19. The number of hydrogen-bond acceptors (Lipinski definition) is 2. The van der Waals surface area contributed by atoms with Crippen LogP contribution >= 0.6 is 0 Å². The fraction of sp³-hybridized carbons (Fsp3) is 0.583. The molecule has 0 amide bonds. The van der Waals surface area contributed by atoms with E-state index in [-0.39, 0.29) is 5.41 Å². The number of hydrogen-bond donors (Lipinski definition) is 1. The molecule has 0 unspecified atom stereocenters. The molecule has 0 radical (unpaired) electrons. The average molecular weight is 190 g/mol. The van der Waals surface area contributed by atoms with Crippen molar-refractivity contribution in [3.63, 3.8) is 0 Å². The van der Waals surface area contributed by atoms with E-state index in [1.54, 1.807) is 0 Å². The van der Waals surface area contributed by atoms with Crippen molar-refractivity contribution in [3.8, 4) is 0 Å². The lowest BCUT2D eigenvalue weighted by atomic mass is 9.78. The Bertz CT molecular complexity index is 314. The Balaban J connectivity index is 2.28. The van der Waals surface area contributed by atoms with E-state index in [2.05, 4.69) is 42.3 Å². The van der Waals surface area contributed by atoms with E-state index in [1.807, 2.05) is 0 Å². The van der Waals surface area contributed by atoms with E-state index in [4.69, 9.17) is 0 Å². The topological polar surface area (TPSA) is 24.9 Å². The second-order valence-electron chi connectivity index (χ2n) is 4.47. The van der Waals surface area contributed by atoms with E-state index in [9.17, 15) is 0 Å². The zero-order valence-corrected chi connectivity index (χ0v) is 9.01. The molecular formula is C12H18N2. The third kappa shape index (κ3) is 1.80. The lowest BCUT2D eigenvalue weighted by molar-refractivity contribution is 0.327. The van der Waals surface area contributed by atoms with Gasteiger partial charge in [-0.25, -0.2) is 0 Å². The predicted octanol–water partition coefficient (Wildman–Crippen LogP) is 2.03. The highest BCUT2D eigenvalue weighted by molar-refractivity contribution is 5.19. The Hall–Kier alpha value is -0.890. The monoisotopic (exact) mass is 190 g/mol. The first-order chi connectivity index (χ1) is 6.71. The van der Waals surface area contributed by atoms with E-state index >= 15 is 0 Å². The van der Waals surface area contributed by atoms with Gasteiger partial charge in [0, 0.05) is 16.8 Å². The molecule has 0 saturated carbocycles. The summed E-state index contributed by atoms with van der Waals surface area (Å²) in [5.74, 6) is 0. The molecule has 2 heterocycles. The number of pyridine rings is 1. The number of nitrogens with one attached hydrogen (secondary N) is 1. The number of rotatable bonds is 1. The summed E-state index contributed by atoms with van der Waals surface area (Å²) < 4.78 is 0. The molecule has 0 spiro atoms. The van der Waals surface area contributed by atoms with Crippen LogP contribution < -0.4 is 5.32 Å². The molecule has 1 fully saturated rings. The third-order valence-corrected chi connectivity index (χ3v) is 3.21. The van der Waals surface area contributed by atoms with Gasteiger partial charge in [-0.1, -0.05) is 13.0 Å².